The van der Waals surface area contributed by atoms with E-state index in [4.69, 9.17) is 16.9 Å². The number of hydrogen-bond acceptors (Lipinski definition) is 5. The molecule has 9 heteroatoms. The molecule has 9 nitrogen and oxygen atoms in total. The van der Waals surface area contributed by atoms with E-state index in [0.29, 0.717) is 16.8 Å². The summed E-state index contributed by atoms with van der Waals surface area (Å²) >= 11 is 0. The van der Waals surface area contributed by atoms with Crippen molar-refractivity contribution in [3.63, 3.8) is 0 Å². The molecular formula is C31H40N4O5. The summed E-state index contributed by atoms with van der Waals surface area (Å²) in [6.07, 6.45) is 4.71. The van der Waals surface area contributed by atoms with E-state index in [2.05, 4.69) is 16.6 Å². The first-order valence-corrected chi connectivity index (χ1v) is 13.2. The van der Waals surface area contributed by atoms with Crippen molar-refractivity contribution in [3.8, 4) is 12.3 Å². The predicted molar refractivity (Wildman–Crippen MR) is 155 cm³/mol. The smallest absolute Gasteiger partial charge is 0.408 e. The highest BCUT2D eigenvalue weighted by Crippen LogP contribution is 2.30. The summed E-state index contributed by atoms with van der Waals surface area (Å²) in [6, 6.07) is 9.67. The Morgan fingerprint density at radius 2 is 1.62 bits per heavy atom. The number of nitrogens with one attached hydrogen (secondary N) is 2. The highest BCUT2D eigenvalue weighted by Gasteiger charge is 2.39. The Kier molecular flexibility index (Phi) is 10.9. The van der Waals surface area contributed by atoms with Crippen LogP contribution in [-0.2, 0) is 19.1 Å². The summed E-state index contributed by atoms with van der Waals surface area (Å²) < 4.78 is 5.36. The van der Waals surface area contributed by atoms with E-state index < -0.39 is 47.5 Å². The molecule has 0 aliphatic carbocycles. The number of hydrogen-bond donors (Lipinski definition) is 3. The fourth-order valence-corrected chi connectivity index (χ4v) is 4.34. The Hall–Kier alpha value is -4.32. The molecule has 2 aromatic carbocycles. The molecule has 2 rings (SSSR count). The molecule has 0 aromatic heterocycles. The number of benzene rings is 2. The highest BCUT2D eigenvalue weighted by atomic mass is 16.6. The third kappa shape index (κ3) is 8.60. The molecule has 0 aliphatic heterocycles. The van der Waals surface area contributed by atoms with Crippen molar-refractivity contribution in [2.24, 2.45) is 5.73 Å². The van der Waals surface area contributed by atoms with Crippen molar-refractivity contribution >= 4 is 29.5 Å². The number of primary amides is 1. The van der Waals surface area contributed by atoms with Crippen LogP contribution >= 0.6 is 0 Å². The maximum atomic E-state index is 14.2. The van der Waals surface area contributed by atoms with Crippen LogP contribution in [-0.4, -0.2) is 46.4 Å². The van der Waals surface area contributed by atoms with Crippen LogP contribution in [0.4, 0.5) is 10.5 Å². The van der Waals surface area contributed by atoms with Crippen molar-refractivity contribution in [1.82, 2.24) is 10.2 Å². The maximum absolute atomic E-state index is 14.2. The summed E-state index contributed by atoms with van der Waals surface area (Å²) in [5.74, 6) is 0.905. The number of alkyl carbamates (subject to hydrolysis) is 1. The average Bonchev–Trinajstić information content (AvgIpc) is 2.85. The van der Waals surface area contributed by atoms with Crippen LogP contribution in [0.2, 0.25) is 0 Å². The second-order valence-electron chi connectivity index (χ2n) is 10.9. The van der Waals surface area contributed by atoms with Gasteiger partial charge in [0, 0.05) is 23.7 Å². The Bertz CT molecular complexity index is 1270. The van der Waals surface area contributed by atoms with Gasteiger partial charge in [0.15, 0.2) is 0 Å². The van der Waals surface area contributed by atoms with Crippen LogP contribution in [0.15, 0.2) is 42.5 Å². The van der Waals surface area contributed by atoms with Gasteiger partial charge in [0.1, 0.15) is 17.7 Å². The van der Waals surface area contributed by atoms with Gasteiger partial charge in [0.2, 0.25) is 11.8 Å². The maximum Gasteiger partial charge on any atom is 0.408 e. The number of ether oxygens (including phenoxy) is 1. The molecule has 0 spiro atoms. The molecule has 0 fully saturated rings. The van der Waals surface area contributed by atoms with Gasteiger partial charge in [-0.3, -0.25) is 14.4 Å². The van der Waals surface area contributed by atoms with E-state index in [1.54, 1.807) is 58.9 Å². The molecule has 0 aliphatic rings. The van der Waals surface area contributed by atoms with Gasteiger partial charge in [-0.2, -0.15) is 0 Å². The average molecular weight is 549 g/mol. The van der Waals surface area contributed by atoms with Gasteiger partial charge in [0.05, 0.1) is 0 Å². The number of rotatable bonds is 10. The Morgan fingerprint density at radius 1 is 1.02 bits per heavy atom. The van der Waals surface area contributed by atoms with Crippen LogP contribution in [0.1, 0.15) is 75.8 Å². The first kappa shape index (κ1) is 31.9. The molecule has 2 aromatic rings. The number of carbonyl (C=O) groups excluding carboxylic acids is 4. The van der Waals surface area contributed by atoms with Gasteiger partial charge in [-0.15, -0.1) is 6.42 Å². The second-order valence-corrected chi connectivity index (χ2v) is 10.9. The Labute approximate surface area is 236 Å². The van der Waals surface area contributed by atoms with E-state index >= 15 is 0 Å². The lowest BCUT2D eigenvalue weighted by Crippen LogP contribution is -2.54. The third-order valence-corrected chi connectivity index (χ3v) is 6.15. The number of aryl methyl sites for hydroxylation is 2. The van der Waals surface area contributed by atoms with Gasteiger partial charge in [-0.05, 0) is 77.6 Å². The number of anilines is 1. The molecule has 0 radical (unpaired) electrons. The largest absolute Gasteiger partial charge is 0.444 e. The van der Waals surface area contributed by atoms with Crippen molar-refractivity contribution < 1.29 is 23.9 Å². The third-order valence-electron chi connectivity index (χ3n) is 6.15. The fraction of sp³-hybridized carbons (Fsp3) is 0.419. The first-order valence-electron chi connectivity index (χ1n) is 13.2. The molecule has 4 amide bonds. The van der Waals surface area contributed by atoms with Crippen LogP contribution < -0.4 is 16.4 Å². The Morgan fingerprint density at radius 3 is 2.15 bits per heavy atom. The van der Waals surface area contributed by atoms with Crippen LogP contribution in [0, 0.1) is 26.2 Å². The molecule has 4 N–H and O–H groups in total. The zero-order valence-corrected chi connectivity index (χ0v) is 24.3. The standard InChI is InChI=1S/C31H40N4O5/c1-9-22-15-10-11-16-23(22)27(28(37)34-26-20(4)13-12-14-21(26)5)35(19(2)3)29(38)24(17-18-25(32)36)33-30(39)40-31(6,7)8/h1,10-16,19,24,27H,17-18H2,2-8H3,(H2,32,36)(H,33,39)(H,34,37). The van der Waals surface area contributed by atoms with E-state index in [0.717, 1.165) is 11.1 Å². The number of nitrogens with zero attached hydrogens (tertiary/aromatic N) is 1. The van der Waals surface area contributed by atoms with Gasteiger partial charge in [0.25, 0.3) is 5.91 Å². The minimum absolute atomic E-state index is 0.0847. The monoisotopic (exact) mass is 548 g/mol. The van der Waals surface area contributed by atoms with Gasteiger partial charge in [-0.1, -0.05) is 42.3 Å². The van der Waals surface area contributed by atoms with Crippen LogP contribution in [0.5, 0.6) is 0 Å². The fourth-order valence-electron chi connectivity index (χ4n) is 4.34. The summed E-state index contributed by atoms with van der Waals surface area (Å²) in [6.45, 7) is 12.3. The predicted octanol–water partition coefficient (Wildman–Crippen LogP) is 4.36. The molecule has 2 unspecified atom stereocenters. The van der Waals surface area contributed by atoms with E-state index in [-0.39, 0.29) is 12.8 Å². The lowest BCUT2D eigenvalue weighted by atomic mass is 9.95. The molecule has 40 heavy (non-hydrogen) atoms. The van der Waals surface area contributed by atoms with E-state index in [1.165, 1.54) is 4.90 Å². The molecule has 0 saturated heterocycles. The second kappa shape index (κ2) is 13.7. The SMILES string of the molecule is C#Cc1ccccc1C(C(=O)Nc1c(C)cccc1C)N(C(=O)C(CCC(N)=O)NC(=O)OC(C)(C)C)C(C)C. The summed E-state index contributed by atoms with van der Waals surface area (Å²) in [5.41, 5.74) is 7.77. The first-order chi connectivity index (χ1) is 18.7. The topological polar surface area (TPSA) is 131 Å². The minimum atomic E-state index is -1.20. The van der Waals surface area contributed by atoms with Crippen molar-refractivity contribution in [2.45, 2.75) is 85.0 Å². The zero-order chi connectivity index (χ0) is 30.2. The molecule has 2 atom stereocenters. The van der Waals surface area contributed by atoms with E-state index in [1.807, 2.05) is 32.0 Å². The van der Waals surface area contributed by atoms with Crippen LogP contribution in [0.25, 0.3) is 0 Å². The number of para-hydroxylation sites is 1. The normalized spacial score (nSPS) is 12.6. The van der Waals surface area contributed by atoms with Gasteiger partial charge < -0.3 is 26.0 Å². The molecular weight excluding hydrogens is 508 g/mol. The van der Waals surface area contributed by atoms with Crippen molar-refractivity contribution in [2.75, 3.05) is 5.32 Å². The molecule has 0 heterocycles. The Balaban J connectivity index is 2.63. The quantitative estimate of drug-likeness (QED) is 0.380. The van der Waals surface area contributed by atoms with Gasteiger partial charge in [-0.25, -0.2) is 4.79 Å². The highest BCUT2D eigenvalue weighted by molar-refractivity contribution is 6.00. The number of nitrogens with two attached hydrogens (primary N) is 1. The van der Waals surface area contributed by atoms with Crippen LogP contribution in [0.3, 0.4) is 0 Å². The number of carbonyl (C=O) groups is 4. The van der Waals surface area contributed by atoms with E-state index in [9.17, 15) is 19.2 Å². The van der Waals surface area contributed by atoms with Gasteiger partial charge >= 0.3 is 6.09 Å². The summed E-state index contributed by atoms with van der Waals surface area (Å²) in [5, 5.41) is 5.57. The zero-order valence-electron chi connectivity index (χ0n) is 24.3. The minimum Gasteiger partial charge on any atom is -0.444 e. The lowest BCUT2D eigenvalue weighted by molar-refractivity contribution is -0.143. The van der Waals surface area contributed by atoms with Crippen molar-refractivity contribution in [3.05, 3.63) is 64.7 Å². The lowest BCUT2D eigenvalue weighted by Gasteiger charge is -2.37. The molecule has 0 saturated carbocycles. The number of terminal acetylenes is 1. The molecule has 214 valence electrons. The molecule has 0 bridgehead atoms. The summed E-state index contributed by atoms with van der Waals surface area (Å²) in [4.78, 5) is 53.9. The summed E-state index contributed by atoms with van der Waals surface area (Å²) in [7, 11) is 0. The number of amides is 4. The van der Waals surface area contributed by atoms with Crippen molar-refractivity contribution in [1.29, 1.82) is 0 Å².